The van der Waals surface area contributed by atoms with Crippen molar-refractivity contribution in [1.82, 2.24) is 10.8 Å². The Morgan fingerprint density at radius 1 is 0.838 bits per heavy atom. The molecule has 3 aromatic rings. The summed E-state index contributed by atoms with van der Waals surface area (Å²) in [6.45, 7) is 2.08. The fraction of sp³-hybridized carbons (Fsp3) is 0.321. The minimum absolute atomic E-state index is 0.284. The molecular formula is C28H31F3N2O4. The molecule has 0 bridgehead atoms. The van der Waals surface area contributed by atoms with Crippen molar-refractivity contribution in [3.8, 4) is 11.5 Å². The molecule has 0 fully saturated rings. The van der Waals surface area contributed by atoms with Crippen molar-refractivity contribution in [2.75, 3.05) is 19.7 Å². The van der Waals surface area contributed by atoms with Crippen LogP contribution in [0.4, 0.5) is 13.2 Å². The van der Waals surface area contributed by atoms with E-state index in [1.54, 1.807) is 29.7 Å². The Hall–Kier alpha value is -3.56. The predicted molar refractivity (Wildman–Crippen MR) is 134 cm³/mol. The Labute approximate surface area is 214 Å². The van der Waals surface area contributed by atoms with Crippen LogP contribution in [0.25, 0.3) is 0 Å². The second-order valence-electron chi connectivity index (χ2n) is 8.45. The first-order chi connectivity index (χ1) is 17.9. The van der Waals surface area contributed by atoms with Gasteiger partial charge in [-0.15, -0.1) is 0 Å². The summed E-state index contributed by atoms with van der Waals surface area (Å²) in [5.74, 6) is 0.487. The van der Waals surface area contributed by atoms with Crippen molar-refractivity contribution in [2.24, 2.45) is 0 Å². The minimum atomic E-state index is -4.38. The zero-order chi connectivity index (χ0) is 26.5. The van der Waals surface area contributed by atoms with Crippen LogP contribution >= 0.6 is 0 Å². The zero-order valence-electron chi connectivity index (χ0n) is 20.3. The number of halogens is 3. The highest BCUT2D eigenvalue weighted by molar-refractivity contribution is 5.93. The van der Waals surface area contributed by atoms with Gasteiger partial charge in [-0.2, -0.15) is 13.2 Å². The molecule has 0 spiro atoms. The molecule has 198 valence electrons. The van der Waals surface area contributed by atoms with Gasteiger partial charge in [-0.25, -0.2) is 5.48 Å². The first kappa shape index (κ1) is 28.0. The number of carbonyl (C=O) groups is 1. The van der Waals surface area contributed by atoms with E-state index in [2.05, 4.69) is 5.32 Å². The SMILES string of the molecule is O=C(NO)c1ccc(OCCCCCNCCC(Oc2ccc(C(F)(F)F)cc2)c2ccccc2)cc1. The zero-order valence-corrected chi connectivity index (χ0v) is 20.3. The summed E-state index contributed by atoms with van der Waals surface area (Å²) in [7, 11) is 0. The van der Waals surface area contributed by atoms with Crippen LogP contribution in [-0.2, 0) is 6.18 Å². The van der Waals surface area contributed by atoms with Gasteiger partial charge in [0.25, 0.3) is 5.91 Å². The molecule has 3 aromatic carbocycles. The number of hydrogen-bond acceptors (Lipinski definition) is 5. The van der Waals surface area contributed by atoms with Crippen LogP contribution in [0.3, 0.4) is 0 Å². The summed E-state index contributed by atoms with van der Waals surface area (Å²) < 4.78 is 50.2. The lowest BCUT2D eigenvalue weighted by Gasteiger charge is -2.20. The molecule has 0 saturated carbocycles. The number of alkyl halides is 3. The van der Waals surface area contributed by atoms with Gasteiger partial charge in [0.2, 0.25) is 0 Å². The molecule has 6 nitrogen and oxygen atoms in total. The van der Waals surface area contributed by atoms with E-state index in [9.17, 15) is 18.0 Å². The van der Waals surface area contributed by atoms with E-state index < -0.39 is 17.6 Å². The van der Waals surface area contributed by atoms with Crippen LogP contribution in [0.1, 0.15) is 53.3 Å². The second-order valence-corrected chi connectivity index (χ2v) is 8.45. The lowest BCUT2D eigenvalue weighted by atomic mass is 10.1. The third-order valence-corrected chi connectivity index (χ3v) is 5.70. The molecule has 0 aliphatic carbocycles. The van der Waals surface area contributed by atoms with Crippen molar-refractivity contribution in [3.63, 3.8) is 0 Å². The van der Waals surface area contributed by atoms with Crippen LogP contribution in [0.15, 0.2) is 78.9 Å². The monoisotopic (exact) mass is 516 g/mol. The van der Waals surface area contributed by atoms with E-state index >= 15 is 0 Å². The van der Waals surface area contributed by atoms with Gasteiger partial charge >= 0.3 is 6.18 Å². The van der Waals surface area contributed by atoms with E-state index in [0.717, 1.165) is 43.5 Å². The number of nitrogens with one attached hydrogen (secondary N) is 2. The maximum absolute atomic E-state index is 12.8. The van der Waals surface area contributed by atoms with Crippen molar-refractivity contribution in [1.29, 1.82) is 0 Å². The molecule has 0 aliphatic heterocycles. The Morgan fingerprint density at radius 2 is 1.51 bits per heavy atom. The topological polar surface area (TPSA) is 79.8 Å². The largest absolute Gasteiger partial charge is 0.494 e. The highest BCUT2D eigenvalue weighted by atomic mass is 19.4. The number of hydrogen-bond donors (Lipinski definition) is 3. The summed E-state index contributed by atoms with van der Waals surface area (Å²) in [4.78, 5) is 11.3. The van der Waals surface area contributed by atoms with Gasteiger partial charge in [0.15, 0.2) is 0 Å². The Kier molecular flexibility index (Phi) is 10.8. The number of ether oxygens (including phenoxy) is 2. The second kappa shape index (κ2) is 14.2. The number of benzene rings is 3. The van der Waals surface area contributed by atoms with Crippen molar-refractivity contribution in [2.45, 2.75) is 38.0 Å². The minimum Gasteiger partial charge on any atom is -0.494 e. The third-order valence-electron chi connectivity index (χ3n) is 5.70. The summed E-state index contributed by atoms with van der Waals surface area (Å²) in [5, 5.41) is 12.0. The number of hydroxylamine groups is 1. The maximum Gasteiger partial charge on any atom is 0.416 e. The van der Waals surface area contributed by atoms with Gasteiger partial charge in [-0.1, -0.05) is 30.3 Å². The first-order valence-corrected chi connectivity index (χ1v) is 12.1. The molecule has 0 saturated heterocycles. The van der Waals surface area contributed by atoms with Crippen molar-refractivity contribution < 1.29 is 32.6 Å². The lowest BCUT2D eigenvalue weighted by Crippen LogP contribution is -2.21. The predicted octanol–water partition coefficient (Wildman–Crippen LogP) is 6.17. The third kappa shape index (κ3) is 9.44. The molecule has 1 unspecified atom stereocenters. The average molecular weight is 517 g/mol. The lowest BCUT2D eigenvalue weighted by molar-refractivity contribution is -0.137. The highest BCUT2D eigenvalue weighted by Crippen LogP contribution is 2.31. The maximum atomic E-state index is 12.8. The molecule has 3 N–H and O–H groups in total. The molecule has 0 aliphatic rings. The summed E-state index contributed by atoms with van der Waals surface area (Å²) in [5.41, 5.74) is 2.20. The van der Waals surface area contributed by atoms with Crippen LogP contribution in [0, 0.1) is 0 Å². The van der Waals surface area contributed by atoms with Gasteiger partial charge < -0.3 is 14.8 Å². The average Bonchev–Trinajstić information content (AvgIpc) is 2.91. The van der Waals surface area contributed by atoms with E-state index in [-0.39, 0.29) is 6.10 Å². The van der Waals surface area contributed by atoms with Gasteiger partial charge in [0.05, 0.1) is 12.2 Å². The quantitative estimate of drug-likeness (QED) is 0.136. The molecule has 0 radical (unpaired) electrons. The molecule has 0 heterocycles. The molecule has 1 atom stereocenters. The van der Waals surface area contributed by atoms with Gasteiger partial charge in [0.1, 0.15) is 17.6 Å². The molecule has 9 heteroatoms. The van der Waals surface area contributed by atoms with E-state index in [0.29, 0.717) is 36.6 Å². The molecule has 37 heavy (non-hydrogen) atoms. The molecule has 1 amide bonds. The normalized spacial score (nSPS) is 12.1. The van der Waals surface area contributed by atoms with Gasteiger partial charge in [-0.3, -0.25) is 10.0 Å². The standard InChI is InChI=1S/C28H31F3N2O4/c29-28(30,31)23-11-15-25(16-12-23)37-26(21-7-3-1-4-8-21)17-19-32-18-5-2-6-20-36-24-13-9-22(10-14-24)27(34)33-35/h1,3-4,7-16,26,32,35H,2,5-6,17-20H2,(H,33,34). The van der Waals surface area contributed by atoms with Crippen LogP contribution < -0.4 is 20.3 Å². The van der Waals surface area contributed by atoms with E-state index in [4.69, 9.17) is 14.7 Å². The number of rotatable bonds is 14. The smallest absolute Gasteiger partial charge is 0.416 e. The van der Waals surface area contributed by atoms with Gasteiger partial charge in [-0.05, 0) is 86.4 Å². The van der Waals surface area contributed by atoms with Crippen molar-refractivity contribution >= 4 is 5.91 Å². The molecule has 0 aromatic heterocycles. The molecular weight excluding hydrogens is 485 g/mol. The first-order valence-electron chi connectivity index (χ1n) is 12.1. The number of carbonyl (C=O) groups excluding carboxylic acids is 1. The fourth-order valence-electron chi connectivity index (χ4n) is 3.69. The molecule has 3 rings (SSSR count). The number of unbranched alkanes of at least 4 members (excludes halogenated alkanes) is 2. The van der Waals surface area contributed by atoms with Gasteiger partial charge in [0, 0.05) is 12.0 Å². The van der Waals surface area contributed by atoms with Crippen molar-refractivity contribution in [3.05, 3.63) is 95.6 Å². The Balaban J connectivity index is 1.35. The Bertz CT molecular complexity index is 1080. The highest BCUT2D eigenvalue weighted by Gasteiger charge is 2.30. The fourth-order valence-corrected chi connectivity index (χ4v) is 3.69. The number of amides is 1. The van der Waals surface area contributed by atoms with Crippen LogP contribution in [0.5, 0.6) is 11.5 Å². The van der Waals surface area contributed by atoms with Crippen LogP contribution in [0.2, 0.25) is 0 Å². The Morgan fingerprint density at radius 3 is 2.16 bits per heavy atom. The summed E-state index contributed by atoms with van der Waals surface area (Å²) >= 11 is 0. The summed E-state index contributed by atoms with van der Waals surface area (Å²) in [6, 6.07) is 20.9. The van der Waals surface area contributed by atoms with E-state index in [1.807, 2.05) is 30.3 Å². The van der Waals surface area contributed by atoms with Crippen LogP contribution in [-0.4, -0.2) is 30.8 Å². The summed E-state index contributed by atoms with van der Waals surface area (Å²) in [6.07, 6.45) is -1.17. The van der Waals surface area contributed by atoms with E-state index in [1.165, 1.54) is 12.1 Å².